The molecule has 0 saturated carbocycles. The smallest absolute Gasteiger partial charge is 0.264 e. The van der Waals surface area contributed by atoms with Crippen LogP contribution in [0.1, 0.15) is 30.9 Å². The first kappa shape index (κ1) is 34.0. The second-order valence-electron chi connectivity index (χ2n) is 10.4. The first-order valence-electron chi connectivity index (χ1n) is 14.5. The van der Waals surface area contributed by atoms with E-state index in [2.05, 4.69) is 5.32 Å². The molecule has 4 aromatic carbocycles. The number of carbonyl (C=O) groups excluding carboxylic acids is 2. The summed E-state index contributed by atoms with van der Waals surface area (Å²) >= 11 is 12.8. The molecule has 7 nitrogen and oxygen atoms in total. The van der Waals surface area contributed by atoms with E-state index in [4.69, 9.17) is 23.2 Å². The van der Waals surface area contributed by atoms with Gasteiger partial charge in [0.1, 0.15) is 18.4 Å². The fourth-order valence-corrected chi connectivity index (χ4v) is 6.68. The summed E-state index contributed by atoms with van der Waals surface area (Å²) in [5.41, 5.74) is 0.925. The number of halogens is 3. The summed E-state index contributed by atoms with van der Waals surface area (Å²) in [7, 11) is -4.36. The molecule has 0 aliphatic heterocycles. The highest BCUT2D eigenvalue weighted by Crippen LogP contribution is 2.35. The van der Waals surface area contributed by atoms with Gasteiger partial charge in [-0.15, -0.1) is 0 Å². The molecular weight excluding hydrogens is 636 g/mol. The standard InChI is InChI=1S/C34H34Cl2FN3O4S/c1-2-3-21-38-34(42)31(22-25-13-6-4-7-14-25)39(23-26-15-10-11-19-29(26)37)32(41)24-40(30-20-12-18-28(35)33(30)36)45(43,44)27-16-8-5-9-17-27/h4-20,31H,2-3,21-24H2,1H3,(H,38,42)/t31-/m1/s1. The van der Waals surface area contributed by atoms with Crippen molar-refractivity contribution in [3.8, 4) is 0 Å². The molecule has 0 heterocycles. The van der Waals surface area contributed by atoms with E-state index >= 15 is 4.39 Å². The van der Waals surface area contributed by atoms with Crippen molar-refractivity contribution in [3.63, 3.8) is 0 Å². The molecule has 1 N–H and O–H groups in total. The number of nitrogens with one attached hydrogen (secondary N) is 1. The number of carbonyl (C=O) groups is 2. The monoisotopic (exact) mass is 669 g/mol. The predicted molar refractivity (Wildman–Crippen MR) is 176 cm³/mol. The molecule has 4 aromatic rings. The lowest BCUT2D eigenvalue weighted by atomic mass is 10.0. The van der Waals surface area contributed by atoms with E-state index in [1.165, 1.54) is 53.4 Å². The number of sulfonamides is 1. The average Bonchev–Trinajstić information content (AvgIpc) is 3.04. The minimum Gasteiger partial charge on any atom is -0.354 e. The number of hydrogen-bond acceptors (Lipinski definition) is 4. The Morgan fingerprint density at radius 3 is 2.18 bits per heavy atom. The first-order valence-corrected chi connectivity index (χ1v) is 16.7. The SMILES string of the molecule is CCCCNC(=O)[C@@H](Cc1ccccc1)N(Cc1ccccc1F)C(=O)CN(c1cccc(Cl)c1Cl)S(=O)(=O)c1ccccc1. The molecule has 0 radical (unpaired) electrons. The van der Waals surface area contributed by atoms with Crippen molar-refractivity contribution < 1.29 is 22.4 Å². The van der Waals surface area contributed by atoms with E-state index in [1.54, 1.807) is 24.3 Å². The Hall–Kier alpha value is -3.92. The van der Waals surface area contributed by atoms with Crippen LogP contribution in [-0.2, 0) is 32.6 Å². The highest BCUT2D eigenvalue weighted by molar-refractivity contribution is 7.92. The van der Waals surface area contributed by atoms with Crippen LogP contribution in [0.3, 0.4) is 0 Å². The molecule has 0 spiro atoms. The van der Waals surface area contributed by atoms with E-state index < -0.39 is 40.2 Å². The summed E-state index contributed by atoms with van der Waals surface area (Å²) in [6.07, 6.45) is 1.68. The quantitative estimate of drug-likeness (QED) is 0.148. The maximum absolute atomic E-state index is 15.0. The van der Waals surface area contributed by atoms with E-state index in [-0.39, 0.29) is 39.2 Å². The first-order chi connectivity index (χ1) is 21.6. The van der Waals surface area contributed by atoms with Crippen LogP contribution in [0.4, 0.5) is 10.1 Å². The summed E-state index contributed by atoms with van der Waals surface area (Å²) < 4.78 is 44.0. The summed E-state index contributed by atoms with van der Waals surface area (Å²) in [6.45, 7) is 1.35. The lowest BCUT2D eigenvalue weighted by molar-refractivity contribution is -0.140. The van der Waals surface area contributed by atoms with Gasteiger partial charge in [-0.25, -0.2) is 12.8 Å². The number of nitrogens with zero attached hydrogens (tertiary/aromatic N) is 2. The molecule has 236 valence electrons. The van der Waals surface area contributed by atoms with Crippen LogP contribution in [0.2, 0.25) is 10.0 Å². The fourth-order valence-electron chi connectivity index (χ4n) is 4.79. The third kappa shape index (κ3) is 8.63. The molecule has 0 bridgehead atoms. The maximum Gasteiger partial charge on any atom is 0.264 e. The van der Waals surface area contributed by atoms with Crippen molar-refractivity contribution in [2.75, 3.05) is 17.4 Å². The van der Waals surface area contributed by atoms with Crippen molar-refractivity contribution in [2.24, 2.45) is 0 Å². The zero-order chi connectivity index (χ0) is 32.4. The highest BCUT2D eigenvalue weighted by atomic mass is 35.5. The number of hydrogen-bond donors (Lipinski definition) is 1. The van der Waals surface area contributed by atoms with Crippen LogP contribution in [0.5, 0.6) is 0 Å². The Morgan fingerprint density at radius 2 is 1.51 bits per heavy atom. The third-order valence-electron chi connectivity index (χ3n) is 7.21. The minimum atomic E-state index is -4.36. The van der Waals surface area contributed by atoms with E-state index in [0.29, 0.717) is 6.54 Å². The van der Waals surface area contributed by atoms with Gasteiger partial charge in [-0.05, 0) is 42.3 Å². The number of anilines is 1. The molecule has 1 atom stereocenters. The summed E-state index contributed by atoms with van der Waals surface area (Å²) in [5, 5.41) is 2.93. The number of rotatable bonds is 14. The zero-order valence-corrected chi connectivity index (χ0v) is 27.0. The molecule has 45 heavy (non-hydrogen) atoms. The average molecular weight is 671 g/mol. The molecule has 0 aliphatic carbocycles. The Balaban J connectivity index is 1.82. The Morgan fingerprint density at radius 1 is 0.867 bits per heavy atom. The van der Waals surface area contributed by atoms with Crippen molar-refractivity contribution >= 4 is 50.7 Å². The van der Waals surface area contributed by atoms with Crippen molar-refractivity contribution in [1.82, 2.24) is 10.2 Å². The summed E-state index contributed by atoms with van der Waals surface area (Å²) in [5.74, 6) is -1.73. The number of benzene rings is 4. The van der Waals surface area contributed by atoms with Gasteiger partial charge >= 0.3 is 0 Å². The molecule has 0 aromatic heterocycles. The van der Waals surface area contributed by atoms with E-state index in [0.717, 1.165) is 22.7 Å². The van der Waals surface area contributed by atoms with Crippen LogP contribution in [0.15, 0.2) is 108 Å². The molecule has 4 rings (SSSR count). The second-order valence-corrected chi connectivity index (χ2v) is 13.0. The fraction of sp³-hybridized carbons (Fsp3) is 0.235. The van der Waals surface area contributed by atoms with Gasteiger partial charge in [0.05, 0.1) is 20.6 Å². The summed E-state index contributed by atoms with van der Waals surface area (Å²) in [4.78, 5) is 29.3. The van der Waals surface area contributed by atoms with Gasteiger partial charge < -0.3 is 10.2 Å². The minimum absolute atomic E-state index is 0.0146. The third-order valence-corrected chi connectivity index (χ3v) is 9.79. The molecule has 0 aliphatic rings. The van der Waals surface area contributed by atoms with Gasteiger partial charge in [-0.1, -0.05) is 109 Å². The van der Waals surface area contributed by atoms with Gasteiger partial charge in [0.25, 0.3) is 10.0 Å². The largest absolute Gasteiger partial charge is 0.354 e. The van der Waals surface area contributed by atoms with Gasteiger partial charge in [-0.3, -0.25) is 13.9 Å². The zero-order valence-electron chi connectivity index (χ0n) is 24.7. The van der Waals surface area contributed by atoms with Crippen LogP contribution >= 0.6 is 23.2 Å². The molecule has 11 heteroatoms. The van der Waals surface area contributed by atoms with Crippen molar-refractivity contribution in [3.05, 3.63) is 130 Å². The lowest BCUT2D eigenvalue weighted by Gasteiger charge is -2.34. The topological polar surface area (TPSA) is 86.8 Å². The molecule has 2 amide bonds. The normalized spacial score (nSPS) is 11.9. The highest BCUT2D eigenvalue weighted by Gasteiger charge is 2.35. The maximum atomic E-state index is 15.0. The molecule has 0 fully saturated rings. The summed E-state index contributed by atoms with van der Waals surface area (Å²) in [6, 6.07) is 26.1. The van der Waals surface area contributed by atoms with Crippen LogP contribution in [0, 0.1) is 5.82 Å². The van der Waals surface area contributed by atoms with Crippen molar-refractivity contribution in [2.45, 2.75) is 43.7 Å². The predicted octanol–water partition coefficient (Wildman–Crippen LogP) is 6.88. The van der Waals surface area contributed by atoms with Crippen molar-refractivity contribution in [1.29, 1.82) is 0 Å². The van der Waals surface area contributed by atoms with Gasteiger partial charge in [-0.2, -0.15) is 0 Å². The number of amides is 2. The number of unbranched alkanes of at least 4 members (excludes halogenated alkanes) is 1. The van der Waals surface area contributed by atoms with E-state index in [9.17, 15) is 18.0 Å². The van der Waals surface area contributed by atoms with E-state index in [1.807, 2.05) is 37.3 Å². The second kappa shape index (κ2) is 15.9. The van der Waals surface area contributed by atoms with Crippen LogP contribution in [0.25, 0.3) is 0 Å². The molecule has 0 saturated heterocycles. The van der Waals surface area contributed by atoms with Gasteiger partial charge in [0, 0.05) is 25.1 Å². The van der Waals surface area contributed by atoms with Crippen LogP contribution in [-0.4, -0.2) is 44.3 Å². The Bertz CT molecular complexity index is 1710. The Labute approximate surface area is 273 Å². The molecule has 0 unspecified atom stereocenters. The van der Waals surface area contributed by atoms with Gasteiger partial charge in [0.2, 0.25) is 11.8 Å². The molecular formula is C34H34Cl2FN3O4S. The van der Waals surface area contributed by atoms with Crippen LogP contribution < -0.4 is 9.62 Å². The Kier molecular flexibility index (Phi) is 12.0. The lowest BCUT2D eigenvalue weighted by Crippen LogP contribution is -2.53. The van der Waals surface area contributed by atoms with Gasteiger partial charge in [0.15, 0.2) is 0 Å².